The number of H-pyrrole nitrogens is 1. The van der Waals surface area contributed by atoms with Gasteiger partial charge in [0, 0.05) is 22.6 Å². The van der Waals surface area contributed by atoms with E-state index in [2.05, 4.69) is 88.4 Å². The van der Waals surface area contributed by atoms with Gasteiger partial charge in [-0.15, -0.1) is 0 Å². The molecule has 3 rings (SSSR count). The molecule has 31 heavy (non-hydrogen) atoms. The molecule has 1 unspecified atom stereocenters. The van der Waals surface area contributed by atoms with Crippen LogP contribution in [0.4, 0.5) is 0 Å². The van der Waals surface area contributed by atoms with Crippen molar-refractivity contribution in [3.63, 3.8) is 0 Å². The van der Waals surface area contributed by atoms with Crippen molar-refractivity contribution in [2.45, 2.75) is 79.2 Å². The van der Waals surface area contributed by atoms with E-state index in [0.29, 0.717) is 17.9 Å². The predicted octanol–water partition coefficient (Wildman–Crippen LogP) is 7.88. The van der Waals surface area contributed by atoms with Gasteiger partial charge in [-0.25, -0.2) is 0 Å². The van der Waals surface area contributed by atoms with E-state index in [1.165, 1.54) is 64.8 Å². The van der Waals surface area contributed by atoms with Gasteiger partial charge in [0.2, 0.25) is 0 Å². The minimum absolute atomic E-state index is 0.589. The second-order valence-corrected chi connectivity index (χ2v) is 9.60. The fourth-order valence-corrected chi connectivity index (χ4v) is 4.92. The number of fused-ring (bicyclic) bond motifs is 1. The van der Waals surface area contributed by atoms with E-state index in [1.807, 2.05) is 6.08 Å². The third-order valence-corrected chi connectivity index (χ3v) is 7.37. The molecule has 1 aliphatic rings. The van der Waals surface area contributed by atoms with Crippen LogP contribution in [0.25, 0.3) is 16.5 Å². The minimum Gasteiger partial charge on any atom is -0.354 e. The first-order valence-corrected chi connectivity index (χ1v) is 12.3. The van der Waals surface area contributed by atoms with Gasteiger partial charge in [-0.3, -0.25) is 0 Å². The van der Waals surface area contributed by atoms with Crippen LogP contribution in [-0.4, -0.2) is 29.0 Å². The molecule has 1 atom stereocenters. The summed E-state index contributed by atoms with van der Waals surface area (Å²) in [6.07, 6.45) is 11.1. The van der Waals surface area contributed by atoms with Crippen LogP contribution in [0.2, 0.25) is 0 Å². The van der Waals surface area contributed by atoms with E-state index in [0.717, 1.165) is 12.8 Å². The predicted molar refractivity (Wildman–Crippen MR) is 138 cm³/mol. The van der Waals surface area contributed by atoms with E-state index < -0.39 is 0 Å². The average Bonchev–Trinajstić information content (AvgIpc) is 3.15. The van der Waals surface area contributed by atoms with E-state index in [1.54, 1.807) is 0 Å². The lowest BCUT2D eigenvalue weighted by molar-refractivity contribution is 0.172. The number of nitrogens with zero attached hydrogens (tertiary/aromatic N) is 1. The van der Waals surface area contributed by atoms with Crippen molar-refractivity contribution in [2.75, 3.05) is 13.1 Å². The van der Waals surface area contributed by atoms with Crippen molar-refractivity contribution in [1.29, 1.82) is 0 Å². The van der Waals surface area contributed by atoms with Gasteiger partial charge >= 0.3 is 0 Å². The number of piperidine rings is 1. The van der Waals surface area contributed by atoms with Crippen LogP contribution < -0.4 is 0 Å². The number of aryl methyl sites for hydroxylation is 1. The Balaban J connectivity index is 1.97. The van der Waals surface area contributed by atoms with Gasteiger partial charge in [0.1, 0.15) is 0 Å². The Morgan fingerprint density at radius 1 is 1.19 bits per heavy atom. The summed E-state index contributed by atoms with van der Waals surface area (Å²) in [5, 5.41) is 1.39. The van der Waals surface area contributed by atoms with E-state index in [9.17, 15) is 0 Å². The number of hydrogen-bond acceptors (Lipinski definition) is 1. The van der Waals surface area contributed by atoms with Crippen LogP contribution in [-0.2, 0) is 6.42 Å². The van der Waals surface area contributed by atoms with Crippen molar-refractivity contribution in [3.05, 3.63) is 65.4 Å². The van der Waals surface area contributed by atoms with Gasteiger partial charge < -0.3 is 9.88 Å². The highest BCUT2D eigenvalue weighted by Crippen LogP contribution is 2.35. The monoisotopic (exact) mass is 418 g/mol. The van der Waals surface area contributed by atoms with Crippen LogP contribution in [0.5, 0.6) is 0 Å². The maximum Gasteiger partial charge on any atom is 0.0497 e. The summed E-state index contributed by atoms with van der Waals surface area (Å²) in [7, 11) is 0. The van der Waals surface area contributed by atoms with Crippen LogP contribution in [0.3, 0.4) is 0 Å². The minimum atomic E-state index is 0.589. The molecule has 0 radical (unpaired) electrons. The second-order valence-electron chi connectivity index (χ2n) is 9.60. The third-order valence-electron chi connectivity index (χ3n) is 7.37. The van der Waals surface area contributed by atoms with Crippen molar-refractivity contribution in [2.24, 2.45) is 5.92 Å². The molecule has 0 saturated carbocycles. The molecular weight excluding hydrogens is 376 g/mol. The maximum atomic E-state index is 3.98. The average molecular weight is 419 g/mol. The molecule has 168 valence electrons. The Morgan fingerprint density at radius 2 is 1.90 bits per heavy atom. The van der Waals surface area contributed by atoms with Gasteiger partial charge in [0.05, 0.1) is 0 Å². The quantitative estimate of drug-likeness (QED) is 0.432. The molecule has 0 spiro atoms. The molecule has 2 heterocycles. The van der Waals surface area contributed by atoms with Gasteiger partial charge in [0.15, 0.2) is 0 Å². The molecule has 1 aromatic heterocycles. The summed E-state index contributed by atoms with van der Waals surface area (Å²) in [6.45, 7) is 20.1. The third kappa shape index (κ3) is 5.23. The van der Waals surface area contributed by atoms with Crippen molar-refractivity contribution >= 4 is 16.5 Å². The molecule has 1 fully saturated rings. The molecule has 2 heteroatoms. The van der Waals surface area contributed by atoms with Gasteiger partial charge in [-0.2, -0.15) is 0 Å². The molecule has 0 aliphatic carbocycles. The van der Waals surface area contributed by atoms with Gasteiger partial charge in [-0.05, 0) is 100 Å². The smallest absolute Gasteiger partial charge is 0.0497 e. The van der Waals surface area contributed by atoms with Gasteiger partial charge in [0.25, 0.3) is 0 Å². The molecule has 0 amide bonds. The molecule has 1 N–H and O–H groups in total. The van der Waals surface area contributed by atoms with Crippen LogP contribution >= 0.6 is 0 Å². The summed E-state index contributed by atoms with van der Waals surface area (Å²) in [4.78, 5) is 6.36. The summed E-state index contributed by atoms with van der Waals surface area (Å²) >= 11 is 0. The van der Waals surface area contributed by atoms with Crippen LogP contribution in [0.15, 0.2) is 48.6 Å². The van der Waals surface area contributed by atoms with Crippen LogP contribution in [0, 0.1) is 5.92 Å². The maximum absolute atomic E-state index is 3.98. The summed E-state index contributed by atoms with van der Waals surface area (Å²) in [5.74, 6) is 1.27. The Labute approximate surface area is 190 Å². The zero-order valence-corrected chi connectivity index (χ0v) is 20.6. The van der Waals surface area contributed by atoms with Crippen molar-refractivity contribution < 1.29 is 0 Å². The van der Waals surface area contributed by atoms with Crippen molar-refractivity contribution in [3.8, 4) is 0 Å². The fraction of sp³-hybridized carbons (Fsp3) is 0.517. The first kappa shape index (κ1) is 23.6. The number of allylic oxidation sites excluding steroid dienone is 5. The standard InChI is InChI=1S/C29H42N2/c1-8-11-25(18-22(7)21(6)9-2)29-26(10-3)27-19-24(12-13-28(27)30-29)23-14-16-31(17-15-23)20(4)5/h8,11-13,18-21,23,30H,1,9-10,14-17H2,2-7H3/b22-18-,25-11+. The number of benzene rings is 1. The summed E-state index contributed by atoms with van der Waals surface area (Å²) in [6, 6.07) is 7.79. The largest absolute Gasteiger partial charge is 0.354 e. The number of likely N-dealkylation sites (tertiary alicyclic amines) is 1. The Hall–Kier alpha value is -2.06. The molecule has 2 nitrogen and oxygen atoms in total. The topological polar surface area (TPSA) is 19.0 Å². The lowest BCUT2D eigenvalue weighted by Gasteiger charge is -2.34. The summed E-state index contributed by atoms with van der Waals surface area (Å²) in [5.41, 5.74) is 8.11. The Kier molecular flexibility index (Phi) is 8.00. The normalized spacial score (nSPS) is 18.2. The van der Waals surface area contributed by atoms with Gasteiger partial charge in [-0.1, -0.05) is 57.2 Å². The summed E-state index contributed by atoms with van der Waals surface area (Å²) < 4.78 is 0. The molecular formula is C29H42N2. The first-order chi connectivity index (χ1) is 14.9. The first-order valence-electron chi connectivity index (χ1n) is 12.3. The fourth-order valence-electron chi connectivity index (χ4n) is 4.92. The Morgan fingerprint density at radius 3 is 2.48 bits per heavy atom. The zero-order chi connectivity index (χ0) is 22.5. The molecule has 0 bridgehead atoms. The second kappa shape index (κ2) is 10.5. The number of aromatic amines is 1. The molecule has 1 aromatic carbocycles. The number of hydrogen-bond donors (Lipinski definition) is 1. The highest BCUT2D eigenvalue weighted by atomic mass is 15.1. The number of rotatable bonds is 8. The lowest BCUT2D eigenvalue weighted by Crippen LogP contribution is -2.37. The number of aromatic nitrogens is 1. The van der Waals surface area contributed by atoms with E-state index >= 15 is 0 Å². The highest BCUT2D eigenvalue weighted by Gasteiger charge is 2.23. The molecule has 1 saturated heterocycles. The SMILES string of the molecule is C=C/C=C(\C=C(\C)C(C)CC)c1[nH]c2ccc(C3CCN(C(C)C)CC3)cc2c1CC. The van der Waals surface area contributed by atoms with Crippen molar-refractivity contribution in [1.82, 2.24) is 9.88 Å². The highest BCUT2D eigenvalue weighted by molar-refractivity contribution is 5.92. The number of nitrogens with one attached hydrogen (secondary N) is 1. The van der Waals surface area contributed by atoms with E-state index in [-0.39, 0.29) is 0 Å². The van der Waals surface area contributed by atoms with E-state index in [4.69, 9.17) is 0 Å². The molecule has 2 aromatic rings. The lowest BCUT2D eigenvalue weighted by atomic mass is 9.88. The Bertz CT molecular complexity index is 949. The zero-order valence-electron chi connectivity index (χ0n) is 20.6. The molecule has 1 aliphatic heterocycles. The van der Waals surface area contributed by atoms with Crippen LogP contribution in [0.1, 0.15) is 83.5 Å².